The first kappa shape index (κ1) is 17.0. The number of rotatable bonds is 7. The molecule has 1 aliphatic heterocycles. The minimum absolute atomic E-state index is 0.390. The molecule has 1 saturated heterocycles. The summed E-state index contributed by atoms with van der Waals surface area (Å²) in [5.41, 5.74) is 0.390. The van der Waals surface area contributed by atoms with E-state index in [1.54, 1.807) is 0 Å². The Morgan fingerprint density at radius 1 is 1.05 bits per heavy atom. The summed E-state index contributed by atoms with van der Waals surface area (Å²) in [4.78, 5) is 2.86. The molecule has 0 bridgehead atoms. The third kappa shape index (κ3) is 3.52. The Morgan fingerprint density at radius 2 is 1.63 bits per heavy atom. The lowest BCUT2D eigenvalue weighted by Crippen LogP contribution is -2.67. The molecule has 1 aliphatic rings. The highest BCUT2D eigenvalue weighted by Gasteiger charge is 2.42. The summed E-state index contributed by atoms with van der Waals surface area (Å²) >= 11 is 0. The van der Waals surface area contributed by atoms with Gasteiger partial charge in [-0.25, -0.2) is 0 Å². The Bertz CT molecular complexity index is 244. The van der Waals surface area contributed by atoms with Gasteiger partial charge in [0.25, 0.3) is 0 Å². The number of piperazine rings is 1. The van der Waals surface area contributed by atoms with Crippen molar-refractivity contribution >= 4 is 0 Å². The Morgan fingerprint density at radius 3 is 2.05 bits per heavy atom. The van der Waals surface area contributed by atoms with Gasteiger partial charge in [0, 0.05) is 30.7 Å². The minimum atomic E-state index is 0.390. The Kier molecular flexibility index (Phi) is 6.82. The van der Waals surface area contributed by atoms with Gasteiger partial charge >= 0.3 is 0 Å². The van der Waals surface area contributed by atoms with Crippen LogP contribution in [0.2, 0.25) is 0 Å². The molecule has 1 fully saturated rings. The standard InChI is InChI=1S/C17H36N2/c1-7-14(6)16-12-19(15(8-2)9-3)17(10-4,11-5)13-18-16/h14-16,18H,7-13H2,1-6H3. The second-order valence-electron chi connectivity index (χ2n) is 6.43. The second kappa shape index (κ2) is 7.64. The number of nitrogens with one attached hydrogen (secondary N) is 1. The molecule has 0 radical (unpaired) electrons. The Labute approximate surface area is 121 Å². The lowest BCUT2D eigenvalue weighted by Gasteiger charge is -2.54. The summed E-state index contributed by atoms with van der Waals surface area (Å²) in [6.45, 7) is 16.6. The number of hydrogen-bond donors (Lipinski definition) is 1. The summed E-state index contributed by atoms with van der Waals surface area (Å²) in [5, 5.41) is 3.85. The van der Waals surface area contributed by atoms with Crippen molar-refractivity contribution in [3.63, 3.8) is 0 Å². The highest BCUT2D eigenvalue weighted by molar-refractivity contribution is 5.00. The molecular weight excluding hydrogens is 232 g/mol. The van der Waals surface area contributed by atoms with Crippen molar-refractivity contribution in [2.45, 2.75) is 91.3 Å². The molecule has 2 unspecified atom stereocenters. The van der Waals surface area contributed by atoms with E-state index >= 15 is 0 Å². The van der Waals surface area contributed by atoms with Crippen molar-refractivity contribution in [2.75, 3.05) is 13.1 Å². The van der Waals surface area contributed by atoms with Gasteiger partial charge < -0.3 is 5.32 Å². The molecule has 2 nitrogen and oxygen atoms in total. The van der Waals surface area contributed by atoms with E-state index in [4.69, 9.17) is 0 Å². The zero-order valence-electron chi connectivity index (χ0n) is 14.1. The van der Waals surface area contributed by atoms with Crippen molar-refractivity contribution in [1.29, 1.82) is 0 Å². The molecule has 114 valence electrons. The highest BCUT2D eigenvalue weighted by atomic mass is 15.3. The summed E-state index contributed by atoms with van der Waals surface area (Å²) in [5.74, 6) is 0.781. The topological polar surface area (TPSA) is 15.3 Å². The molecule has 0 aromatic rings. The van der Waals surface area contributed by atoms with Crippen molar-refractivity contribution in [2.24, 2.45) is 5.92 Å². The van der Waals surface area contributed by atoms with Gasteiger partial charge in [-0.15, -0.1) is 0 Å². The van der Waals surface area contributed by atoms with Gasteiger partial charge in [-0.05, 0) is 31.6 Å². The molecule has 0 saturated carbocycles. The average Bonchev–Trinajstić information content (AvgIpc) is 2.47. The number of hydrogen-bond acceptors (Lipinski definition) is 2. The van der Waals surface area contributed by atoms with E-state index in [1.165, 1.54) is 45.2 Å². The second-order valence-corrected chi connectivity index (χ2v) is 6.43. The summed E-state index contributed by atoms with van der Waals surface area (Å²) in [6, 6.07) is 1.44. The summed E-state index contributed by atoms with van der Waals surface area (Å²) < 4.78 is 0. The normalized spacial score (nSPS) is 25.7. The van der Waals surface area contributed by atoms with Crippen LogP contribution in [0.3, 0.4) is 0 Å². The van der Waals surface area contributed by atoms with E-state index in [0.717, 1.165) is 12.0 Å². The van der Waals surface area contributed by atoms with E-state index in [0.29, 0.717) is 11.6 Å². The predicted octanol–water partition coefficient (Wildman–Crippen LogP) is 4.05. The molecule has 0 amide bonds. The van der Waals surface area contributed by atoms with Crippen LogP contribution >= 0.6 is 0 Å². The molecule has 1 heterocycles. The van der Waals surface area contributed by atoms with Crippen LogP contribution in [0.5, 0.6) is 0 Å². The van der Waals surface area contributed by atoms with Crippen LogP contribution in [0, 0.1) is 5.92 Å². The molecule has 0 aromatic carbocycles. The first-order valence-corrected chi connectivity index (χ1v) is 8.58. The van der Waals surface area contributed by atoms with Crippen LogP contribution in [-0.2, 0) is 0 Å². The molecule has 0 aliphatic carbocycles. The van der Waals surface area contributed by atoms with Crippen LogP contribution < -0.4 is 5.32 Å². The third-order valence-electron chi connectivity index (χ3n) is 5.73. The van der Waals surface area contributed by atoms with Crippen molar-refractivity contribution in [3.8, 4) is 0 Å². The van der Waals surface area contributed by atoms with Crippen LogP contribution in [-0.4, -0.2) is 35.6 Å². The van der Waals surface area contributed by atoms with E-state index in [9.17, 15) is 0 Å². The zero-order chi connectivity index (χ0) is 14.5. The van der Waals surface area contributed by atoms with E-state index in [2.05, 4.69) is 51.8 Å². The predicted molar refractivity (Wildman–Crippen MR) is 85.6 cm³/mol. The maximum atomic E-state index is 3.85. The average molecular weight is 268 g/mol. The molecule has 2 heteroatoms. The van der Waals surface area contributed by atoms with Gasteiger partial charge in [-0.1, -0.05) is 48.0 Å². The van der Waals surface area contributed by atoms with Crippen LogP contribution in [0.4, 0.5) is 0 Å². The fourth-order valence-corrected chi connectivity index (χ4v) is 3.73. The van der Waals surface area contributed by atoms with Crippen LogP contribution in [0.25, 0.3) is 0 Å². The quantitative estimate of drug-likeness (QED) is 0.749. The van der Waals surface area contributed by atoms with Crippen molar-refractivity contribution < 1.29 is 0 Å². The maximum absolute atomic E-state index is 3.85. The first-order chi connectivity index (χ1) is 9.08. The molecule has 1 rings (SSSR count). The highest BCUT2D eigenvalue weighted by Crippen LogP contribution is 2.32. The zero-order valence-corrected chi connectivity index (χ0v) is 14.1. The number of nitrogens with zero attached hydrogens (tertiary/aromatic N) is 1. The van der Waals surface area contributed by atoms with Gasteiger partial charge in [-0.3, -0.25) is 4.90 Å². The maximum Gasteiger partial charge on any atom is 0.0332 e. The summed E-state index contributed by atoms with van der Waals surface area (Å²) in [7, 11) is 0. The minimum Gasteiger partial charge on any atom is -0.311 e. The summed E-state index contributed by atoms with van der Waals surface area (Å²) in [6.07, 6.45) is 6.37. The van der Waals surface area contributed by atoms with E-state index in [1.807, 2.05) is 0 Å². The Hall–Kier alpha value is -0.0800. The van der Waals surface area contributed by atoms with Gasteiger partial charge in [0.2, 0.25) is 0 Å². The monoisotopic (exact) mass is 268 g/mol. The van der Waals surface area contributed by atoms with Crippen molar-refractivity contribution in [1.82, 2.24) is 10.2 Å². The third-order valence-corrected chi connectivity index (χ3v) is 5.73. The Balaban J connectivity index is 2.91. The first-order valence-electron chi connectivity index (χ1n) is 8.58. The van der Waals surface area contributed by atoms with Gasteiger partial charge in [0.15, 0.2) is 0 Å². The molecule has 0 aromatic heterocycles. The molecule has 1 N–H and O–H groups in total. The van der Waals surface area contributed by atoms with E-state index in [-0.39, 0.29) is 0 Å². The van der Waals surface area contributed by atoms with Gasteiger partial charge in [0.1, 0.15) is 0 Å². The largest absolute Gasteiger partial charge is 0.311 e. The van der Waals surface area contributed by atoms with Gasteiger partial charge in [0.05, 0.1) is 0 Å². The van der Waals surface area contributed by atoms with Gasteiger partial charge in [-0.2, -0.15) is 0 Å². The smallest absolute Gasteiger partial charge is 0.0332 e. The fourth-order valence-electron chi connectivity index (χ4n) is 3.73. The van der Waals surface area contributed by atoms with Crippen LogP contribution in [0.15, 0.2) is 0 Å². The molecular formula is C17H36N2. The lowest BCUT2D eigenvalue weighted by molar-refractivity contribution is -0.0163. The molecule has 0 spiro atoms. The van der Waals surface area contributed by atoms with Crippen molar-refractivity contribution in [3.05, 3.63) is 0 Å². The molecule has 19 heavy (non-hydrogen) atoms. The van der Waals surface area contributed by atoms with Crippen LogP contribution in [0.1, 0.15) is 73.6 Å². The lowest BCUT2D eigenvalue weighted by atomic mass is 9.82. The van der Waals surface area contributed by atoms with E-state index < -0.39 is 0 Å². The molecule has 2 atom stereocenters. The fraction of sp³-hybridized carbons (Fsp3) is 1.00. The SMILES string of the molecule is CCC(C)C1CN(C(CC)CC)C(CC)(CC)CN1.